The van der Waals surface area contributed by atoms with E-state index < -0.39 is 26.9 Å². The molecule has 2 rings (SSSR count). The number of benzene rings is 1. The minimum absolute atomic E-state index is 0.201. The van der Waals surface area contributed by atoms with Crippen molar-refractivity contribution >= 4 is 38.7 Å². The minimum Gasteiger partial charge on any atom is -0.378 e. The number of hydrogen-bond donors (Lipinski definition) is 2. The number of anilines is 1. The molecule has 1 heterocycles. The van der Waals surface area contributed by atoms with E-state index in [1.54, 1.807) is 23.6 Å². The predicted molar refractivity (Wildman–Crippen MR) is 102 cm³/mol. The number of sulfone groups is 1. The fraction of sp³-hybridized carbons (Fsp3) is 0.294. The van der Waals surface area contributed by atoms with Crippen LogP contribution in [-0.2, 0) is 19.4 Å². The molecular formula is C17H21N3O4S2. The van der Waals surface area contributed by atoms with E-state index in [-0.39, 0.29) is 10.8 Å². The lowest BCUT2D eigenvalue weighted by molar-refractivity contribution is -0.138. The minimum atomic E-state index is -3.71. The molecule has 0 saturated heterocycles. The van der Waals surface area contributed by atoms with E-state index in [1.165, 1.54) is 13.1 Å². The first-order valence-corrected chi connectivity index (χ1v) is 10.2. The number of carbonyl (C=O) groups is 2. The molecule has 0 aliphatic heterocycles. The molecule has 0 fully saturated rings. The number of amides is 2. The zero-order chi connectivity index (χ0) is 19.3. The molecule has 0 unspecified atom stereocenters. The largest absolute Gasteiger partial charge is 0.378 e. The van der Waals surface area contributed by atoms with Crippen molar-refractivity contribution in [2.45, 2.75) is 9.46 Å². The van der Waals surface area contributed by atoms with E-state index in [2.05, 4.69) is 10.6 Å². The Morgan fingerprint density at radius 2 is 1.77 bits per heavy atom. The van der Waals surface area contributed by atoms with Gasteiger partial charge in [0.15, 0.2) is 9.84 Å². The van der Waals surface area contributed by atoms with Crippen LogP contribution >= 0.6 is 11.3 Å². The average Bonchev–Trinajstić information content (AvgIpc) is 3.16. The molecule has 9 heteroatoms. The van der Waals surface area contributed by atoms with Gasteiger partial charge in [0.1, 0.15) is 9.46 Å². The quantitative estimate of drug-likeness (QED) is 0.717. The van der Waals surface area contributed by atoms with Crippen molar-refractivity contribution in [3.8, 4) is 0 Å². The second-order valence-electron chi connectivity index (χ2n) is 5.74. The van der Waals surface area contributed by atoms with Crippen LogP contribution in [0.1, 0.15) is 10.8 Å². The van der Waals surface area contributed by atoms with Gasteiger partial charge in [-0.3, -0.25) is 9.59 Å². The summed E-state index contributed by atoms with van der Waals surface area (Å²) in [5, 5.41) is 5.30. The van der Waals surface area contributed by atoms with Crippen LogP contribution in [0.2, 0.25) is 0 Å². The normalized spacial score (nSPS) is 12.3. The fourth-order valence-corrected chi connectivity index (χ4v) is 5.21. The molecular weight excluding hydrogens is 374 g/mol. The van der Waals surface area contributed by atoms with Crippen LogP contribution in [0.3, 0.4) is 0 Å². The van der Waals surface area contributed by atoms with Gasteiger partial charge < -0.3 is 15.5 Å². The summed E-state index contributed by atoms with van der Waals surface area (Å²) in [6.45, 7) is -0.201. The predicted octanol–water partition coefficient (Wildman–Crippen LogP) is 1.19. The van der Waals surface area contributed by atoms with Crippen molar-refractivity contribution in [3.05, 3.63) is 47.3 Å². The van der Waals surface area contributed by atoms with Gasteiger partial charge in [-0.2, -0.15) is 0 Å². The van der Waals surface area contributed by atoms with Crippen LogP contribution in [0.5, 0.6) is 0 Å². The van der Waals surface area contributed by atoms with Gasteiger partial charge in [0.05, 0.1) is 0 Å². The van der Waals surface area contributed by atoms with Crippen LogP contribution < -0.4 is 15.5 Å². The lowest BCUT2D eigenvalue weighted by Crippen LogP contribution is -2.40. The second kappa shape index (κ2) is 8.33. The summed E-state index contributed by atoms with van der Waals surface area (Å²) in [6, 6.07) is 10.3. The molecule has 1 atom stereocenters. The number of rotatable bonds is 6. The van der Waals surface area contributed by atoms with Crippen LogP contribution in [0.4, 0.5) is 5.69 Å². The fourth-order valence-electron chi connectivity index (χ4n) is 2.34. The van der Waals surface area contributed by atoms with Gasteiger partial charge in [-0.25, -0.2) is 8.42 Å². The number of hydrogen-bond acceptors (Lipinski definition) is 6. The van der Waals surface area contributed by atoms with Crippen molar-refractivity contribution in [1.82, 2.24) is 10.6 Å². The summed E-state index contributed by atoms with van der Waals surface area (Å²) in [5.74, 6) is -1.69. The van der Waals surface area contributed by atoms with Crippen molar-refractivity contribution in [3.63, 3.8) is 0 Å². The van der Waals surface area contributed by atoms with Gasteiger partial charge in [0.2, 0.25) is 0 Å². The summed E-state index contributed by atoms with van der Waals surface area (Å²) >= 11 is 1.12. The van der Waals surface area contributed by atoms with E-state index in [0.717, 1.165) is 17.0 Å². The molecule has 0 saturated carbocycles. The van der Waals surface area contributed by atoms with E-state index in [1.807, 2.05) is 31.1 Å². The highest BCUT2D eigenvalue weighted by Crippen LogP contribution is 2.32. The van der Waals surface area contributed by atoms with Crippen LogP contribution in [0.25, 0.3) is 0 Å². The monoisotopic (exact) mass is 395 g/mol. The number of carbonyl (C=O) groups excluding carboxylic acids is 2. The number of nitrogens with zero attached hydrogens (tertiary/aromatic N) is 1. The number of likely N-dealkylation sites (N-methyl/N-ethyl adjacent to an activating group) is 1. The lowest BCUT2D eigenvalue weighted by Gasteiger charge is -2.19. The topological polar surface area (TPSA) is 95.6 Å². The first-order chi connectivity index (χ1) is 12.3. The van der Waals surface area contributed by atoms with Crippen LogP contribution in [0, 0.1) is 0 Å². The summed E-state index contributed by atoms with van der Waals surface area (Å²) in [7, 11) is 1.40. The first kappa shape index (κ1) is 19.9. The molecule has 2 aromatic rings. The van der Waals surface area contributed by atoms with Gasteiger partial charge >= 0.3 is 11.8 Å². The second-order valence-corrected chi connectivity index (χ2v) is 9.05. The van der Waals surface area contributed by atoms with Crippen molar-refractivity contribution in [2.24, 2.45) is 0 Å². The summed E-state index contributed by atoms with van der Waals surface area (Å²) < 4.78 is 26.2. The van der Waals surface area contributed by atoms with Gasteiger partial charge in [0.25, 0.3) is 0 Å². The molecule has 0 radical (unpaired) electrons. The van der Waals surface area contributed by atoms with E-state index in [0.29, 0.717) is 5.56 Å². The maximum absolute atomic E-state index is 13.0. The highest BCUT2D eigenvalue weighted by molar-refractivity contribution is 7.93. The summed E-state index contributed by atoms with van der Waals surface area (Å²) in [4.78, 5) is 25.0. The molecule has 1 aromatic carbocycles. The van der Waals surface area contributed by atoms with Crippen LogP contribution in [-0.4, -0.2) is 47.9 Å². The molecule has 2 amide bonds. The van der Waals surface area contributed by atoms with E-state index in [4.69, 9.17) is 0 Å². The Labute approximate surface area is 156 Å². The molecule has 1 aromatic heterocycles. The summed E-state index contributed by atoms with van der Waals surface area (Å²) in [5.41, 5.74) is 1.47. The third kappa shape index (κ3) is 4.41. The Bertz CT molecular complexity index is 860. The first-order valence-electron chi connectivity index (χ1n) is 7.82. The molecule has 0 aliphatic rings. The van der Waals surface area contributed by atoms with Gasteiger partial charge in [0, 0.05) is 33.4 Å². The number of nitrogens with one attached hydrogen (secondary N) is 2. The standard InChI is InChI=1S/C17H21N3O4S2/c1-18-16(21)17(22)19-11-14(26(23,24)15-5-4-10-25-15)12-6-8-13(9-7-12)20(2)3/h4-10,14H,11H2,1-3H3,(H,18,21)(H,19,22)/t14-/m0/s1. The maximum Gasteiger partial charge on any atom is 0.309 e. The molecule has 140 valence electrons. The Kier molecular flexibility index (Phi) is 6.38. The maximum atomic E-state index is 13.0. The van der Waals surface area contributed by atoms with Crippen molar-refractivity contribution < 1.29 is 18.0 Å². The molecule has 0 spiro atoms. The summed E-state index contributed by atoms with van der Waals surface area (Å²) in [6.07, 6.45) is 0. The average molecular weight is 396 g/mol. The number of thiophene rings is 1. The smallest absolute Gasteiger partial charge is 0.309 e. The Morgan fingerprint density at radius 1 is 1.12 bits per heavy atom. The highest BCUT2D eigenvalue weighted by atomic mass is 32.2. The van der Waals surface area contributed by atoms with Crippen LogP contribution in [0.15, 0.2) is 46.0 Å². The Balaban J connectivity index is 2.35. The third-order valence-electron chi connectivity index (χ3n) is 3.81. The SMILES string of the molecule is CNC(=O)C(=O)NC[C@@H](c1ccc(N(C)C)cc1)S(=O)(=O)c1cccs1. The van der Waals surface area contributed by atoms with Crippen molar-refractivity contribution in [2.75, 3.05) is 32.6 Å². The van der Waals surface area contributed by atoms with E-state index >= 15 is 0 Å². The van der Waals surface area contributed by atoms with E-state index in [9.17, 15) is 18.0 Å². The molecule has 2 N–H and O–H groups in total. The third-order valence-corrected chi connectivity index (χ3v) is 7.34. The van der Waals surface area contributed by atoms with Gasteiger partial charge in [-0.05, 0) is 29.1 Å². The highest BCUT2D eigenvalue weighted by Gasteiger charge is 2.31. The van der Waals surface area contributed by atoms with Gasteiger partial charge in [-0.1, -0.05) is 18.2 Å². The Hall–Kier alpha value is -2.39. The molecule has 0 bridgehead atoms. The zero-order valence-electron chi connectivity index (χ0n) is 14.7. The Morgan fingerprint density at radius 3 is 2.27 bits per heavy atom. The van der Waals surface area contributed by atoms with Gasteiger partial charge in [-0.15, -0.1) is 11.3 Å². The lowest BCUT2D eigenvalue weighted by atomic mass is 10.1. The molecule has 7 nitrogen and oxygen atoms in total. The molecule has 26 heavy (non-hydrogen) atoms. The zero-order valence-corrected chi connectivity index (χ0v) is 16.4. The molecule has 0 aliphatic carbocycles. The van der Waals surface area contributed by atoms with Crippen molar-refractivity contribution in [1.29, 1.82) is 0 Å².